The van der Waals surface area contributed by atoms with Crippen LogP contribution in [0.2, 0.25) is 0 Å². The Labute approximate surface area is 230 Å². The number of benzene rings is 3. The maximum Gasteiger partial charge on any atom is 0.253 e. The summed E-state index contributed by atoms with van der Waals surface area (Å²) in [7, 11) is 1.66. The standard InChI is InChI=1S/C30H30FN7O2/c1-20-3-6-22-18-26(30(39)32-27(22)17-20)28(29-33-34-35-38(29)19-21-4-7-23(31)8-5-21)37-15-13-36(14-16-37)24-9-11-25(40-2)12-10-24/h3-12,17-18,28H,13-16,19H2,1-2H3,(H,32,39)/t28-/m1/s1. The van der Waals surface area contributed by atoms with Gasteiger partial charge in [-0.1, -0.05) is 24.3 Å². The minimum absolute atomic E-state index is 0.169. The summed E-state index contributed by atoms with van der Waals surface area (Å²) in [6.07, 6.45) is 0. The number of tetrazole rings is 1. The molecule has 9 nitrogen and oxygen atoms in total. The molecule has 0 bridgehead atoms. The molecule has 3 heterocycles. The Morgan fingerprint density at radius 2 is 1.73 bits per heavy atom. The number of hydrogen-bond donors (Lipinski definition) is 1. The molecule has 0 aliphatic carbocycles. The van der Waals surface area contributed by atoms with Gasteiger partial charge in [0.15, 0.2) is 5.82 Å². The number of methoxy groups -OCH3 is 1. The smallest absolute Gasteiger partial charge is 0.253 e. The summed E-state index contributed by atoms with van der Waals surface area (Å²) >= 11 is 0. The Bertz CT molecular complexity index is 1670. The molecule has 204 valence electrons. The summed E-state index contributed by atoms with van der Waals surface area (Å²) in [6.45, 7) is 5.30. The van der Waals surface area contributed by atoms with Gasteiger partial charge in [-0.15, -0.1) is 5.10 Å². The first-order chi connectivity index (χ1) is 19.5. The first-order valence-corrected chi connectivity index (χ1v) is 13.3. The number of ether oxygens (including phenoxy) is 1. The van der Waals surface area contributed by atoms with Crippen LogP contribution in [0.3, 0.4) is 0 Å². The van der Waals surface area contributed by atoms with Crippen molar-refractivity contribution >= 4 is 16.6 Å². The topological polar surface area (TPSA) is 92.2 Å². The van der Waals surface area contributed by atoms with Gasteiger partial charge in [0, 0.05) is 42.9 Å². The van der Waals surface area contributed by atoms with Gasteiger partial charge in [0.1, 0.15) is 17.6 Å². The quantitative estimate of drug-likeness (QED) is 0.335. The summed E-state index contributed by atoms with van der Waals surface area (Å²) in [5.74, 6) is 1.09. The second-order valence-electron chi connectivity index (χ2n) is 10.1. The van der Waals surface area contributed by atoms with E-state index < -0.39 is 6.04 Å². The SMILES string of the molecule is COc1ccc(N2CCN([C@H](c3cc4ccc(C)cc4[nH]c3=O)c3nnnn3Cc3ccc(F)cc3)CC2)cc1. The van der Waals surface area contributed by atoms with Crippen molar-refractivity contribution in [3.05, 3.63) is 111 Å². The molecule has 5 aromatic rings. The lowest BCUT2D eigenvalue weighted by molar-refractivity contribution is 0.200. The van der Waals surface area contributed by atoms with Crippen LogP contribution in [0.5, 0.6) is 5.75 Å². The Morgan fingerprint density at radius 1 is 0.975 bits per heavy atom. The van der Waals surface area contributed by atoms with Gasteiger partial charge in [-0.05, 0) is 82.4 Å². The first-order valence-electron chi connectivity index (χ1n) is 13.3. The molecule has 1 fully saturated rings. The van der Waals surface area contributed by atoms with Gasteiger partial charge in [0.25, 0.3) is 5.56 Å². The highest BCUT2D eigenvalue weighted by Gasteiger charge is 2.33. The minimum atomic E-state index is -0.470. The molecular formula is C30H30FN7O2. The predicted molar refractivity (Wildman–Crippen MR) is 151 cm³/mol. The number of fused-ring (bicyclic) bond motifs is 1. The Morgan fingerprint density at radius 3 is 2.45 bits per heavy atom. The fourth-order valence-corrected chi connectivity index (χ4v) is 5.35. The number of H-pyrrole nitrogens is 1. The molecule has 1 aliphatic rings. The molecule has 10 heteroatoms. The number of anilines is 1. The van der Waals surface area contributed by atoms with Crippen LogP contribution in [0.1, 0.15) is 28.6 Å². The number of piperazine rings is 1. The van der Waals surface area contributed by atoms with E-state index in [1.165, 1.54) is 12.1 Å². The molecule has 0 spiro atoms. The molecular weight excluding hydrogens is 509 g/mol. The van der Waals surface area contributed by atoms with Crippen LogP contribution in [0.15, 0.2) is 77.6 Å². The van der Waals surface area contributed by atoms with Crippen LogP contribution < -0.4 is 15.2 Å². The maximum atomic E-state index is 13.6. The predicted octanol–water partition coefficient (Wildman–Crippen LogP) is 3.93. The van der Waals surface area contributed by atoms with Crippen LogP contribution in [0.4, 0.5) is 10.1 Å². The molecule has 1 saturated heterocycles. The number of aromatic nitrogens is 5. The molecule has 1 aliphatic heterocycles. The lowest BCUT2D eigenvalue weighted by atomic mass is 10.0. The van der Waals surface area contributed by atoms with Crippen molar-refractivity contribution in [3.63, 3.8) is 0 Å². The highest BCUT2D eigenvalue weighted by Crippen LogP contribution is 2.30. The number of aryl methyl sites for hydroxylation is 1. The highest BCUT2D eigenvalue weighted by molar-refractivity contribution is 5.79. The number of pyridine rings is 1. The van der Waals surface area contributed by atoms with Crippen molar-refractivity contribution in [1.29, 1.82) is 0 Å². The Hall–Kier alpha value is -4.57. The largest absolute Gasteiger partial charge is 0.497 e. The molecule has 6 rings (SSSR count). The summed E-state index contributed by atoms with van der Waals surface area (Å²) in [6, 6.07) is 21.8. The number of nitrogens with zero attached hydrogens (tertiary/aromatic N) is 6. The van der Waals surface area contributed by atoms with Crippen molar-refractivity contribution in [2.75, 3.05) is 38.2 Å². The zero-order chi connectivity index (χ0) is 27.6. The molecule has 0 radical (unpaired) electrons. The molecule has 0 saturated carbocycles. The maximum absolute atomic E-state index is 13.6. The van der Waals surface area contributed by atoms with Crippen LogP contribution in [-0.2, 0) is 6.54 Å². The van der Waals surface area contributed by atoms with E-state index in [1.54, 1.807) is 23.9 Å². The normalized spacial score (nSPS) is 14.9. The Kier molecular flexibility index (Phi) is 7.00. The van der Waals surface area contributed by atoms with Crippen molar-refractivity contribution in [2.45, 2.75) is 19.5 Å². The van der Waals surface area contributed by atoms with E-state index >= 15 is 0 Å². The van der Waals surface area contributed by atoms with E-state index in [4.69, 9.17) is 4.74 Å². The van der Waals surface area contributed by atoms with Crippen molar-refractivity contribution < 1.29 is 9.13 Å². The molecule has 1 atom stereocenters. The average Bonchev–Trinajstić information content (AvgIpc) is 3.42. The van der Waals surface area contributed by atoms with Gasteiger partial charge in [-0.2, -0.15) is 0 Å². The van der Waals surface area contributed by atoms with Gasteiger partial charge in [0.05, 0.1) is 13.7 Å². The van der Waals surface area contributed by atoms with Crippen LogP contribution in [0.25, 0.3) is 10.9 Å². The fourth-order valence-electron chi connectivity index (χ4n) is 5.35. The van der Waals surface area contributed by atoms with Crippen LogP contribution in [-0.4, -0.2) is 63.4 Å². The van der Waals surface area contributed by atoms with Gasteiger partial charge < -0.3 is 14.6 Å². The summed E-state index contributed by atoms with van der Waals surface area (Å²) in [5.41, 5.74) is 4.27. The minimum Gasteiger partial charge on any atom is -0.497 e. The second kappa shape index (κ2) is 10.9. The average molecular weight is 540 g/mol. The molecule has 0 amide bonds. The fraction of sp³-hybridized carbons (Fsp3) is 0.267. The third-order valence-electron chi connectivity index (χ3n) is 7.49. The van der Waals surface area contributed by atoms with E-state index in [9.17, 15) is 9.18 Å². The van der Waals surface area contributed by atoms with E-state index in [0.29, 0.717) is 31.0 Å². The van der Waals surface area contributed by atoms with Crippen LogP contribution in [0, 0.1) is 12.7 Å². The number of nitrogens with one attached hydrogen (secondary N) is 1. The first kappa shape index (κ1) is 25.7. The molecule has 40 heavy (non-hydrogen) atoms. The van der Waals surface area contributed by atoms with Gasteiger partial charge in [0.2, 0.25) is 0 Å². The van der Waals surface area contributed by atoms with E-state index in [-0.39, 0.29) is 11.4 Å². The van der Waals surface area contributed by atoms with E-state index in [2.05, 4.69) is 42.4 Å². The molecule has 1 N–H and O–H groups in total. The van der Waals surface area contributed by atoms with Gasteiger partial charge in [-0.25, -0.2) is 9.07 Å². The number of aromatic amines is 1. The lowest BCUT2D eigenvalue weighted by Crippen LogP contribution is -2.49. The zero-order valence-electron chi connectivity index (χ0n) is 22.4. The van der Waals surface area contributed by atoms with Gasteiger partial charge >= 0.3 is 0 Å². The summed E-state index contributed by atoms with van der Waals surface area (Å²) in [5, 5.41) is 13.6. The Balaban J connectivity index is 1.36. The number of halogens is 1. The van der Waals surface area contributed by atoms with E-state index in [1.807, 2.05) is 43.3 Å². The number of hydrogen-bond acceptors (Lipinski definition) is 7. The molecule has 0 unspecified atom stereocenters. The van der Waals surface area contributed by atoms with Gasteiger partial charge in [-0.3, -0.25) is 9.69 Å². The van der Waals surface area contributed by atoms with Crippen molar-refractivity contribution in [1.82, 2.24) is 30.1 Å². The number of rotatable bonds is 7. The lowest BCUT2D eigenvalue weighted by Gasteiger charge is -2.39. The zero-order valence-corrected chi connectivity index (χ0v) is 22.4. The summed E-state index contributed by atoms with van der Waals surface area (Å²) in [4.78, 5) is 21.2. The monoisotopic (exact) mass is 539 g/mol. The molecule has 3 aromatic carbocycles. The third-order valence-corrected chi connectivity index (χ3v) is 7.49. The van der Waals surface area contributed by atoms with Crippen molar-refractivity contribution in [3.8, 4) is 5.75 Å². The summed E-state index contributed by atoms with van der Waals surface area (Å²) < 4.78 is 20.5. The highest BCUT2D eigenvalue weighted by atomic mass is 19.1. The molecule has 2 aromatic heterocycles. The van der Waals surface area contributed by atoms with Crippen molar-refractivity contribution in [2.24, 2.45) is 0 Å². The van der Waals surface area contributed by atoms with E-state index in [0.717, 1.165) is 46.6 Å². The second-order valence-corrected chi connectivity index (χ2v) is 10.1. The van der Waals surface area contributed by atoms with Crippen LogP contribution >= 0.6 is 0 Å². The third kappa shape index (κ3) is 5.17.